The third kappa shape index (κ3) is 2.12. The van der Waals surface area contributed by atoms with Gasteiger partial charge in [0.2, 0.25) is 0 Å². The molecule has 1 N–H and O–H groups in total. The maximum atomic E-state index is 11.1. The Balaban J connectivity index is 2.33. The van der Waals surface area contributed by atoms with Crippen molar-refractivity contribution in [3.05, 3.63) is 65.4 Å². The van der Waals surface area contributed by atoms with Crippen LogP contribution in [0.15, 0.2) is 54.9 Å². The molecular weight excluding hydrogens is 274 g/mol. The minimum atomic E-state index is -0.942. The highest BCUT2D eigenvalue weighted by Gasteiger charge is 2.10. The molecule has 0 aliphatic rings. The molecule has 0 spiro atoms. The highest BCUT2D eigenvalue weighted by atomic mass is 35.5. The SMILES string of the molecule is O=C(O)c1ccc2cccc(-c3ccncc3Cl)c2c1. The van der Waals surface area contributed by atoms with E-state index in [2.05, 4.69) is 4.98 Å². The van der Waals surface area contributed by atoms with Crippen LogP contribution in [0.2, 0.25) is 5.02 Å². The van der Waals surface area contributed by atoms with E-state index < -0.39 is 5.97 Å². The summed E-state index contributed by atoms with van der Waals surface area (Å²) in [5.74, 6) is -0.942. The quantitative estimate of drug-likeness (QED) is 0.765. The van der Waals surface area contributed by atoms with Crippen LogP contribution in [-0.2, 0) is 0 Å². The van der Waals surface area contributed by atoms with E-state index >= 15 is 0 Å². The van der Waals surface area contributed by atoms with Crippen molar-refractivity contribution in [3.8, 4) is 11.1 Å². The van der Waals surface area contributed by atoms with E-state index in [1.165, 1.54) is 0 Å². The molecular formula is C16H10ClNO2. The van der Waals surface area contributed by atoms with Crippen molar-refractivity contribution in [2.45, 2.75) is 0 Å². The average molecular weight is 284 g/mol. The first kappa shape index (κ1) is 12.6. The van der Waals surface area contributed by atoms with Crippen LogP contribution >= 0.6 is 11.6 Å². The number of hydrogen-bond acceptors (Lipinski definition) is 2. The number of hydrogen-bond donors (Lipinski definition) is 1. The average Bonchev–Trinajstić information content (AvgIpc) is 2.46. The monoisotopic (exact) mass is 283 g/mol. The summed E-state index contributed by atoms with van der Waals surface area (Å²) in [6.45, 7) is 0. The number of nitrogens with zero attached hydrogens (tertiary/aromatic N) is 1. The van der Waals surface area contributed by atoms with Gasteiger partial charge < -0.3 is 5.11 Å². The molecule has 0 saturated carbocycles. The molecule has 1 aromatic heterocycles. The zero-order valence-electron chi connectivity index (χ0n) is 10.4. The van der Waals surface area contributed by atoms with Gasteiger partial charge in [-0.15, -0.1) is 0 Å². The molecule has 3 aromatic rings. The van der Waals surface area contributed by atoms with Gasteiger partial charge in [-0.25, -0.2) is 4.79 Å². The van der Waals surface area contributed by atoms with Gasteiger partial charge in [0.25, 0.3) is 0 Å². The summed E-state index contributed by atoms with van der Waals surface area (Å²) in [5.41, 5.74) is 2.00. The molecule has 0 saturated heterocycles. The van der Waals surface area contributed by atoms with E-state index in [9.17, 15) is 4.79 Å². The second kappa shape index (κ2) is 4.94. The summed E-state index contributed by atoms with van der Waals surface area (Å²) < 4.78 is 0. The molecule has 0 aliphatic heterocycles. The topological polar surface area (TPSA) is 50.2 Å². The predicted molar refractivity (Wildman–Crippen MR) is 79.1 cm³/mol. The molecule has 3 nitrogen and oxygen atoms in total. The number of aromatic carboxylic acids is 1. The van der Waals surface area contributed by atoms with Crippen molar-refractivity contribution in [3.63, 3.8) is 0 Å². The normalized spacial score (nSPS) is 10.7. The summed E-state index contributed by atoms with van der Waals surface area (Å²) in [7, 11) is 0. The fourth-order valence-electron chi connectivity index (χ4n) is 2.23. The number of rotatable bonds is 2. The van der Waals surface area contributed by atoms with Crippen LogP contribution in [0.5, 0.6) is 0 Å². The number of carbonyl (C=O) groups is 1. The molecule has 0 unspecified atom stereocenters. The Morgan fingerprint density at radius 1 is 1.10 bits per heavy atom. The molecule has 0 radical (unpaired) electrons. The fraction of sp³-hybridized carbons (Fsp3) is 0. The van der Waals surface area contributed by atoms with E-state index in [4.69, 9.17) is 16.7 Å². The van der Waals surface area contributed by atoms with Crippen LogP contribution in [0.3, 0.4) is 0 Å². The van der Waals surface area contributed by atoms with Crippen LogP contribution in [-0.4, -0.2) is 16.1 Å². The predicted octanol–water partition coefficient (Wildman–Crippen LogP) is 4.25. The number of carboxylic acids is 1. The smallest absolute Gasteiger partial charge is 0.335 e. The van der Waals surface area contributed by atoms with Gasteiger partial charge in [-0.05, 0) is 34.5 Å². The lowest BCUT2D eigenvalue weighted by molar-refractivity contribution is 0.0697. The number of fused-ring (bicyclic) bond motifs is 1. The lowest BCUT2D eigenvalue weighted by Gasteiger charge is -2.09. The highest BCUT2D eigenvalue weighted by Crippen LogP contribution is 2.33. The summed E-state index contributed by atoms with van der Waals surface area (Å²) >= 11 is 6.18. The molecule has 98 valence electrons. The second-order valence-corrected chi connectivity index (χ2v) is 4.81. The molecule has 0 amide bonds. The first-order valence-electron chi connectivity index (χ1n) is 6.03. The molecule has 3 rings (SSSR count). The lowest BCUT2D eigenvalue weighted by Crippen LogP contribution is -1.95. The Labute approximate surface area is 120 Å². The number of benzene rings is 2. The van der Waals surface area contributed by atoms with Gasteiger partial charge in [0.05, 0.1) is 10.6 Å². The van der Waals surface area contributed by atoms with E-state index in [0.29, 0.717) is 5.02 Å². The lowest BCUT2D eigenvalue weighted by atomic mass is 9.97. The number of halogens is 1. The minimum absolute atomic E-state index is 0.259. The Kier molecular flexibility index (Phi) is 3.12. The van der Waals surface area contributed by atoms with Crippen molar-refractivity contribution >= 4 is 28.3 Å². The van der Waals surface area contributed by atoms with Gasteiger partial charge in [-0.2, -0.15) is 0 Å². The summed E-state index contributed by atoms with van der Waals surface area (Å²) in [6.07, 6.45) is 3.25. The minimum Gasteiger partial charge on any atom is -0.478 e. The standard InChI is InChI=1S/C16H10ClNO2/c17-15-9-18-7-6-13(15)12-3-1-2-10-4-5-11(16(19)20)8-14(10)12/h1-9H,(H,19,20). The maximum Gasteiger partial charge on any atom is 0.335 e. The van der Waals surface area contributed by atoms with Crippen molar-refractivity contribution < 1.29 is 9.90 Å². The van der Waals surface area contributed by atoms with Gasteiger partial charge in [0.15, 0.2) is 0 Å². The van der Waals surface area contributed by atoms with E-state index in [1.807, 2.05) is 24.3 Å². The Morgan fingerprint density at radius 3 is 2.70 bits per heavy atom. The van der Waals surface area contributed by atoms with Crippen LogP contribution in [0.4, 0.5) is 0 Å². The number of pyridine rings is 1. The Bertz CT molecular complexity index is 814. The van der Waals surface area contributed by atoms with Gasteiger partial charge in [-0.1, -0.05) is 35.9 Å². The fourth-order valence-corrected chi connectivity index (χ4v) is 2.46. The van der Waals surface area contributed by atoms with Crippen molar-refractivity contribution in [1.82, 2.24) is 4.98 Å². The summed E-state index contributed by atoms with van der Waals surface area (Å²) in [5, 5.41) is 11.5. The highest BCUT2D eigenvalue weighted by molar-refractivity contribution is 6.33. The van der Waals surface area contributed by atoms with E-state index in [-0.39, 0.29) is 5.56 Å². The zero-order valence-corrected chi connectivity index (χ0v) is 11.1. The Morgan fingerprint density at radius 2 is 1.95 bits per heavy atom. The van der Waals surface area contributed by atoms with E-state index in [0.717, 1.165) is 21.9 Å². The van der Waals surface area contributed by atoms with Gasteiger partial charge >= 0.3 is 5.97 Å². The van der Waals surface area contributed by atoms with Crippen LogP contribution in [0.25, 0.3) is 21.9 Å². The summed E-state index contributed by atoms with van der Waals surface area (Å²) in [4.78, 5) is 15.1. The molecule has 0 fully saturated rings. The number of aromatic nitrogens is 1. The van der Waals surface area contributed by atoms with Gasteiger partial charge in [0, 0.05) is 18.0 Å². The van der Waals surface area contributed by atoms with Crippen molar-refractivity contribution in [2.75, 3.05) is 0 Å². The molecule has 20 heavy (non-hydrogen) atoms. The van der Waals surface area contributed by atoms with Crippen LogP contribution in [0.1, 0.15) is 10.4 Å². The first-order valence-corrected chi connectivity index (χ1v) is 6.40. The number of carboxylic acid groups (broad SMARTS) is 1. The molecule has 0 aliphatic carbocycles. The van der Waals surface area contributed by atoms with Crippen molar-refractivity contribution in [1.29, 1.82) is 0 Å². The largest absolute Gasteiger partial charge is 0.478 e. The second-order valence-electron chi connectivity index (χ2n) is 4.40. The first-order chi connectivity index (χ1) is 9.66. The molecule has 0 bridgehead atoms. The molecule has 4 heteroatoms. The van der Waals surface area contributed by atoms with Gasteiger partial charge in [-0.3, -0.25) is 4.98 Å². The van der Waals surface area contributed by atoms with Gasteiger partial charge in [0.1, 0.15) is 0 Å². The Hall–Kier alpha value is -2.39. The third-order valence-corrected chi connectivity index (χ3v) is 3.49. The van der Waals surface area contributed by atoms with Crippen LogP contribution < -0.4 is 0 Å². The molecule has 1 heterocycles. The van der Waals surface area contributed by atoms with Crippen molar-refractivity contribution in [2.24, 2.45) is 0 Å². The molecule has 2 aromatic carbocycles. The molecule has 0 atom stereocenters. The van der Waals surface area contributed by atoms with E-state index in [1.54, 1.807) is 30.6 Å². The van der Waals surface area contributed by atoms with Crippen LogP contribution in [0, 0.1) is 0 Å². The summed E-state index contributed by atoms with van der Waals surface area (Å²) in [6, 6.07) is 12.7. The maximum absolute atomic E-state index is 11.1. The zero-order chi connectivity index (χ0) is 14.1. The third-order valence-electron chi connectivity index (χ3n) is 3.19.